The van der Waals surface area contributed by atoms with Crippen molar-refractivity contribution in [1.82, 2.24) is 0 Å². The lowest BCUT2D eigenvalue weighted by atomic mass is 10.00. The second-order valence-corrected chi connectivity index (χ2v) is 4.96. The normalized spacial score (nSPS) is 16.6. The van der Waals surface area contributed by atoms with Crippen LogP contribution in [-0.2, 0) is 11.3 Å². The SMILES string of the molecule is C=C(/C=C1/CCCN=C1C)C(=C)OCc1ccccc1. The van der Waals surface area contributed by atoms with Crippen LogP contribution < -0.4 is 0 Å². The molecule has 0 radical (unpaired) electrons. The number of aliphatic imine (C=N–C) groups is 1. The second-order valence-electron chi connectivity index (χ2n) is 4.96. The lowest BCUT2D eigenvalue weighted by molar-refractivity contribution is 0.209. The third-order valence-corrected chi connectivity index (χ3v) is 3.38. The Balaban J connectivity index is 1.92. The van der Waals surface area contributed by atoms with Crippen LogP contribution in [0.15, 0.2) is 71.5 Å². The van der Waals surface area contributed by atoms with E-state index in [-0.39, 0.29) is 0 Å². The molecular weight excluding hydrogens is 246 g/mol. The van der Waals surface area contributed by atoms with Crippen molar-refractivity contribution in [2.75, 3.05) is 6.54 Å². The van der Waals surface area contributed by atoms with Crippen molar-refractivity contribution >= 4 is 5.71 Å². The summed E-state index contributed by atoms with van der Waals surface area (Å²) in [6, 6.07) is 10.1. The standard InChI is InChI=1S/C18H21NO/c1-14(12-18-10-7-11-19-15(18)2)16(3)20-13-17-8-5-4-6-9-17/h4-6,8-9,12H,1,3,7,10-11,13H2,2H3/b18-12-. The fraction of sp³-hybridized carbons (Fsp3) is 0.278. The van der Waals surface area contributed by atoms with E-state index in [0.29, 0.717) is 12.4 Å². The smallest absolute Gasteiger partial charge is 0.119 e. The van der Waals surface area contributed by atoms with Crippen LogP contribution in [-0.4, -0.2) is 12.3 Å². The summed E-state index contributed by atoms with van der Waals surface area (Å²) in [6.45, 7) is 11.5. The molecule has 0 aromatic heterocycles. The summed E-state index contributed by atoms with van der Waals surface area (Å²) in [6.07, 6.45) is 4.21. The fourth-order valence-electron chi connectivity index (χ4n) is 2.10. The van der Waals surface area contributed by atoms with E-state index in [2.05, 4.69) is 18.2 Å². The molecule has 1 aliphatic rings. The van der Waals surface area contributed by atoms with Crippen LogP contribution in [0.5, 0.6) is 0 Å². The van der Waals surface area contributed by atoms with Crippen LogP contribution in [0.3, 0.4) is 0 Å². The largest absolute Gasteiger partial charge is 0.489 e. The van der Waals surface area contributed by atoms with E-state index in [9.17, 15) is 0 Å². The van der Waals surface area contributed by atoms with Crippen molar-refractivity contribution in [2.45, 2.75) is 26.4 Å². The molecule has 2 heteroatoms. The molecule has 0 atom stereocenters. The van der Waals surface area contributed by atoms with Gasteiger partial charge in [-0.05, 0) is 37.0 Å². The molecule has 0 bridgehead atoms. The van der Waals surface area contributed by atoms with E-state index in [1.165, 1.54) is 5.57 Å². The fourth-order valence-corrected chi connectivity index (χ4v) is 2.10. The number of ether oxygens (including phenoxy) is 1. The minimum absolute atomic E-state index is 0.523. The quantitative estimate of drug-likeness (QED) is 0.570. The Morgan fingerprint density at radius 1 is 1.30 bits per heavy atom. The van der Waals surface area contributed by atoms with Crippen LogP contribution in [0.2, 0.25) is 0 Å². The number of rotatable bonds is 5. The highest BCUT2D eigenvalue weighted by Gasteiger charge is 2.09. The van der Waals surface area contributed by atoms with Gasteiger partial charge in [0.25, 0.3) is 0 Å². The predicted octanol–water partition coefficient (Wildman–Crippen LogP) is 4.45. The van der Waals surface area contributed by atoms with E-state index in [1.807, 2.05) is 43.3 Å². The Labute approximate surface area is 121 Å². The van der Waals surface area contributed by atoms with Crippen molar-refractivity contribution in [3.05, 3.63) is 72.0 Å². The van der Waals surface area contributed by atoms with Gasteiger partial charge in [-0.3, -0.25) is 4.99 Å². The Morgan fingerprint density at radius 3 is 2.75 bits per heavy atom. The zero-order valence-electron chi connectivity index (χ0n) is 12.1. The highest BCUT2D eigenvalue weighted by molar-refractivity contribution is 5.99. The van der Waals surface area contributed by atoms with E-state index < -0.39 is 0 Å². The molecule has 20 heavy (non-hydrogen) atoms. The van der Waals surface area contributed by atoms with Crippen molar-refractivity contribution in [1.29, 1.82) is 0 Å². The molecule has 0 fully saturated rings. The first-order valence-electron chi connectivity index (χ1n) is 6.93. The van der Waals surface area contributed by atoms with E-state index in [1.54, 1.807) is 0 Å². The van der Waals surface area contributed by atoms with Gasteiger partial charge in [0.15, 0.2) is 0 Å². The summed E-state index contributed by atoms with van der Waals surface area (Å²) in [5.74, 6) is 0.625. The average Bonchev–Trinajstić information content (AvgIpc) is 2.48. The van der Waals surface area contributed by atoms with Crippen LogP contribution >= 0.6 is 0 Å². The van der Waals surface area contributed by atoms with Crippen molar-refractivity contribution in [2.24, 2.45) is 4.99 Å². The van der Waals surface area contributed by atoms with E-state index in [4.69, 9.17) is 4.74 Å². The zero-order valence-corrected chi connectivity index (χ0v) is 12.1. The van der Waals surface area contributed by atoms with Gasteiger partial charge in [0.2, 0.25) is 0 Å². The molecule has 0 saturated heterocycles. The molecule has 2 nitrogen and oxygen atoms in total. The molecule has 0 amide bonds. The monoisotopic (exact) mass is 267 g/mol. The van der Waals surface area contributed by atoms with Crippen LogP contribution in [0.1, 0.15) is 25.3 Å². The molecular formula is C18H21NO. The first-order chi connectivity index (χ1) is 9.66. The first-order valence-corrected chi connectivity index (χ1v) is 6.93. The molecule has 1 aromatic carbocycles. The summed E-state index contributed by atoms with van der Waals surface area (Å²) in [5.41, 5.74) is 4.30. The number of allylic oxidation sites excluding steroid dienone is 2. The number of hydrogen-bond donors (Lipinski definition) is 0. The summed E-state index contributed by atoms with van der Waals surface area (Å²) in [7, 11) is 0. The predicted molar refractivity (Wildman–Crippen MR) is 84.8 cm³/mol. The molecule has 1 heterocycles. The number of hydrogen-bond acceptors (Lipinski definition) is 2. The van der Waals surface area contributed by atoms with Gasteiger partial charge in [-0.1, -0.05) is 43.5 Å². The molecule has 0 unspecified atom stereocenters. The minimum atomic E-state index is 0.523. The minimum Gasteiger partial charge on any atom is -0.489 e. The van der Waals surface area contributed by atoms with Crippen molar-refractivity contribution < 1.29 is 4.74 Å². The van der Waals surface area contributed by atoms with Gasteiger partial charge in [-0.2, -0.15) is 0 Å². The summed E-state index contributed by atoms with van der Waals surface area (Å²) in [4.78, 5) is 4.45. The van der Waals surface area contributed by atoms with Gasteiger partial charge >= 0.3 is 0 Å². The maximum atomic E-state index is 5.69. The van der Waals surface area contributed by atoms with Gasteiger partial charge in [0, 0.05) is 17.8 Å². The topological polar surface area (TPSA) is 21.6 Å². The number of nitrogens with zero attached hydrogens (tertiary/aromatic N) is 1. The summed E-state index contributed by atoms with van der Waals surface area (Å²) in [5, 5.41) is 0. The lowest BCUT2D eigenvalue weighted by Gasteiger charge is -2.14. The van der Waals surface area contributed by atoms with Gasteiger partial charge in [-0.25, -0.2) is 0 Å². The maximum absolute atomic E-state index is 5.69. The Kier molecular flexibility index (Phi) is 4.94. The molecule has 0 spiro atoms. The molecule has 1 aromatic rings. The molecule has 0 N–H and O–H groups in total. The summed E-state index contributed by atoms with van der Waals surface area (Å²) >= 11 is 0. The zero-order chi connectivity index (χ0) is 14.4. The van der Waals surface area contributed by atoms with E-state index in [0.717, 1.165) is 36.2 Å². The number of benzene rings is 1. The molecule has 0 aliphatic carbocycles. The Hall–Kier alpha value is -2.09. The van der Waals surface area contributed by atoms with Gasteiger partial charge in [0.05, 0.1) is 0 Å². The summed E-state index contributed by atoms with van der Waals surface area (Å²) < 4.78 is 5.69. The molecule has 104 valence electrons. The average molecular weight is 267 g/mol. The molecule has 1 aliphatic heterocycles. The highest BCUT2D eigenvalue weighted by Crippen LogP contribution is 2.19. The molecule has 2 rings (SSSR count). The third-order valence-electron chi connectivity index (χ3n) is 3.38. The lowest BCUT2D eigenvalue weighted by Crippen LogP contribution is -2.06. The molecule has 0 saturated carbocycles. The van der Waals surface area contributed by atoms with Crippen LogP contribution in [0, 0.1) is 0 Å². The third kappa shape index (κ3) is 3.95. The van der Waals surface area contributed by atoms with Crippen molar-refractivity contribution in [3.63, 3.8) is 0 Å². The second kappa shape index (κ2) is 6.90. The van der Waals surface area contributed by atoms with E-state index >= 15 is 0 Å². The van der Waals surface area contributed by atoms with Gasteiger partial charge < -0.3 is 4.74 Å². The van der Waals surface area contributed by atoms with Crippen LogP contribution in [0.4, 0.5) is 0 Å². The van der Waals surface area contributed by atoms with Gasteiger partial charge in [-0.15, -0.1) is 0 Å². The van der Waals surface area contributed by atoms with Crippen molar-refractivity contribution in [3.8, 4) is 0 Å². The highest BCUT2D eigenvalue weighted by atomic mass is 16.5. The first kappa shape index (κ1) is 14.3. The van der Waals surface area contributed by atoms with Crippen LogP contribution in [0.25, 0.3) is 0 Å². The van der Waals surface area contributed by atoms with Gasteiger partial charge in [0.1, 0.15) is 12.4 Å². The Bertz CT molecular complexity index is 552. The maximum Gasteiger partial charge on any atom is 0.119 e. The Morgan fingerprint density at radius 2 is 2.05 bits per heavy atom.